The van der Waals surface area contributed by atoms with Crippen LogP contribution in [0.5, 0.6) is 5.75 Å². The number of nitrogens with one attached hydrogen (secondary N) is 1. The molecule has 1 aliphatic rings. The molecule has 1 N–H and O–H groups in total. The minimum absolute atomic E-state index is 0.126. The van der Waals surface area contributed by atoms with Crippen molar-refractivity contribution in [1.29, 1.82) is 0 Å². The third-order valence-electron chi connectivity index (χ3n) is 5.42. The minimum atomic E-state index is -0.429. The standard InChI is InChI=1S/C20H24ClNO4/c1-11-5-4-6-16(13(11)3)22-19(23)10-25-18-9-17-14(8-15(18)21)12(2)7-20(24)26-17/h7-9,11,13,16H,4-6,10H2,1-3H3,(H,22,23). The zero-order valence-corrected chi connectivity index (χ0v) is 16.1. The number of rotatable bonds is 4. The van der Waals surface area contributed by atoms with Crippen molar-refractivity contribution in [3.05, 3.63) is 39.2 Å². The lowest BCUT2D eigenvalue weighted by atomic mass is 9.78. The van der Waals surface area contributed by atoms with Crippen molar-refractivity contribution in [2.75, 3.05) is 6.61 Å². The Morgan fingerprint density at radius 2 is 2.08 bits per heavy atom. The Hall–Kier alpha value is -2.01. The van der Waals surface area contributed by atoms with Gasteiger partial charge in [0.15, 0.2) is 6.61 Å². The molecule has 1 saturated carbocycles. The number of carbonyl (C=O) groups is 1. The van der Waals surface area contributed by atoms with E-state index in [0.29, 0.717) is 28.2 Å². The monoisotopic (exact) mass is 377 g/mol. The quantitative estimate of drug-likeness (QED) is 0.815. The van der Waals surface area contributed by atoms with E-state index in [1.165, 1.54) is 12.5 Å². The topological polar surface area (TPSA) is 68.5 Å². The molecule has 1 aromatic heterocycles. The Morgan fingerprint density at radius 1 is 1.31 bits per heavy atom. The highest BCUT2D eigenvalue weighted by Crippen LogP contribution is 2.31. The highest BCUT2D eigenvalue weighted by molar-refractivity contribution is 6.32. The molecule has 0 saturated heterocycles. The van der Waals surface area contributed by atoms with Crippen molar-refractivity contribution in [3.63, 3.8) is 0 Å². The fourth-order valence-electron chi connectivity index (χ4n) is 3.61. The van der Waals surface area contributed by atoms with Crippen molar-refractivity contribution in [2.45, 2.75) is 46.1 Å². The molecule has 6 heteroatoms. The molecule has 1 fully saturated rings. The summed E-state index contributed by atoms with van der Waals surface area (Å²) in [5, 5.41) is 4.19. The van der Waals surface area contributed by atoms with E-state index in [2.05, 4.69) is 19.2 Å². The Balaban J connectivity index is 1.68. The van der Waals surface area contributed by atoms with Gasteiger partial charge in [-0.05, 0) is 36.8 Å². The van der Waals surface area contributed by atoms with Crippen LogP contribution in [0.4, 0.5) is 0 Å². The molecule has 2 aromatic rings. The Morgan fingerprint density at radius 3 is 2.85 bits per heavy atom. The minimum Gasteiger partial charge on any atom is -0.482 e. The third kappa shape index (κ3) is 4.04. The molecule has 0 spiro atoms. The number of benzene rings is 1. The number of amides is 1. The van der Waals surface area contributed by atoms with Crippen LogP contribution in [-0.4, -0.2) is 18.6 Å². The highest BCUT2D eigenvalue weighted by Gasteiger charge is 2.28. The fourth-order valence-corrected chi connectivity index (χ4v) is 3.83. The van der Waals surface area contributed by atoms with Gasteiger partial charge in [0.05, 0.1) is 5.02 Å². The number of ether oxygens (including phenoxy) is 1. The molecule has 1 aromatic carbocycles. The normalized spacial score (nSPS) is 23.0. The molecule has 3 atom stereocenters. The number of hydrogen-bond donors (Lipinski definition) is 1. The zero-order chi connectivity index (χ0) is 18.8. The van der Waals surface area contributed by atoms with Crippen LogP contribution in [0.25, 0.3) is 11.0 Å². The van der Waals surface area contributed by atoms with E-state index in [1.807, 2.05) is 6.92 Å². The molecule has 26 heavy (non-hydrogen) atoms. The Labute approximate surface area is 157 Å². The van der Waals surface area contributed by atoms with E-state index in [4.69, 9.17) is 20.8 Å². The van der Waals surface area contributed by atoms with Crippen molar-refractivity contribution < 1.29 is 13.9 Å². The Bertz CT molecular complexity index is 876. The third-order valence-corrected chi connectivity index (χ3v) is 5.71. The van der Waals surface area contributed by atoms with E-state index < -0.39 is 5.63 Å². The summed E-state index contributed by atoms with van der Waals surface area (Å²) in [6.07, 6.45) is 3.34. The lowest BCUT2D eigenvalue weighted by Gasteiger charge is -2.34. The maximum absolute atomic E-state index is 12.3. The SMILES string of the molecule is Cc1cc(=O)oc2cc(OCC(=O)NC3CCCC(C)C3C)c(Cl)cc12. The van der Waals surface area contributed by atoms with Crippen molar-refractivity contribution in [2.24, 2.45) is 11.8 Å². The smallest absolute Gasteiger partial charge is 0.336 e. The van der Waals surface area contributed by atoms with E-state index in [9.17, 15) is 9.59 Å². The van der Waals surface area contributed by atoms with Crippen LogP contribution in [-0.2, 0) is 4.79 Å². The lowest BCUT2D eigenvalue weighted by Crippen LogP contribution is -2.45. The largest absolute Gasteiger partial charge is 0.482 e. The molecule has 0 aliphatic heterocycles. The van der Waals surface area contributed by atoms with Gasteiger partial charge in [-0.1, -0.05) is 38.3 Å². The Kier molecular flexibility index (Phi) is 5.56. The van der Waals surface area contributed by atoms with Gasteiger partial charge in [0.2, 0.25) is 0 Å². The average Bonchev–Trinajstić information content (AvgIpc) is 2.58. The molecule has 0 radical (unpaired) electrons. The second-order valence-corrected chi connectivity index (χ2v) is 7.66. The second kappa shape index (κ2) is 7.70. The maximum Gasteiger partial charge on any atom is 0.336 e. The predicted molar refractivity (Wildman–Crippen MR) is 102 cm³/mol. The van der Waals surface area contributed by atoms with Gasteiger partial charge in [0.1, 0.15) is 11.3 Å². The number of carbonyl (C=O) groups excluding carboxylic acids is 1. The molecule has 0 bridgehead atoms. The summed E-state index contributed by atoms with van der Waals surface area (Å²) in [6, 6.07) is 4.85. The summed E-state index contributed by atoms with van der Waals surface area (Å²) < 4.78 is 10.8. The van der Waals surface area contributed by atoms with Gasteiger partial charge in [-0.15, -0.1) is 0 Å². The molecule has 1 heterocycles. The van der Waals surface area contributed by atoms with E-state index >= 15 is 0 Å². The van der Waals surface area contributed by atoms with Crippen LogP contribution < -0.4 is 15.7 Å². The second-order valence-electron chi connectivity index (χ2n) is 7.26. The summed E-state index contributed by atoms with van der Waals surface area (Å²) in [6.45, 7) is 6.10. The van der Waals surface area contributed by atoms with Crippen molar-refractivity contribution in [3.8, 4) is 5.75 Å². The molecular formula is C20H24ClNO4. The number of aryl methyl sites for hydroxylation is 1. The highest BCUT2D eigenvalue weighted by atomic mass is 35.5. The van der Waals surface area contributed by atoms with E-state index in [0.717, 1.165) is 23.8 Å². The van der Waals surface area contributed by atoms with Gasteiger partial charge in [0, 0.05) is 23.6 Å². The molecule has 3 rings (SSSR count). The maximum atomic E-state index is 12.3. The summed E-state index contributed by atoms with van der Waals surface area (Å²) in [7, 11) is 0. The van der Waals surface area contributed by atoms with Crippen LogP contribution >= 0.6 is 11.6 Å². The van der Waals surface area contributed by atoms with Gasteiger partial charge in [-0.2, -0.15) is 0 Å². The molecule has 3 unspecified atom stereocenters. The number of fused-ring (bicyclic) bond motifs is 1. The first-order valence-corrected chi connectivity index (χ1v) is 9.39. The van der Waals surface area contributed by atoms with Gasteiger partial charge in [-0.3, -0.25) is 4.79 Å². The number of halogens is 1. The van der Waals surface area contributed by atoms with Crippen molar-refractivity contribution >= 4 is 28.5 Å². The van der Waals surface area contributed by atoms with Crippen LogP contribution in [0.15, 0.2) is 27.4 Å². The van der Waals surface area contributed by atoms with Gasteiger partial charge < -0.3 is 14.5 Å². The number of hydrogen-bond acceptors (Lipinski definition) is 4. The first-order valence-electron chi connectivity index (χ1n) is 9.01. The van der Waals surface area contributed by atoms with Gasteiger partial charge in [-0.25, -0.2) is 4.79 Å². The summed E-state index contributed by atoms with van der Waals surface area (Å²) >= 11 is 6.26. The van der Waals surface area contributed by atoms with E-state index in [1.54, 1.807) is 12.1 Å². The molecule has 1 amide bonds. The molecule has 1 aliphatic carbocycles. The van der Waals surface area contributed by atoms with Crippen LogP contribution in [0.2, 0.25) is 5.02 Å². The van der Waals surface area contributed by atoms with Crippen molar-refractivity contribution in [1.82, 2.24) is 5.32 Å². The first kappa shape index (κ1) is 18.8. The van der Waals surface area contributed by atoms with Gasteiger partial charge in [0.25, 0.3) is 5.91 Å². The lowest BCUT2D eigenvalue weighted by molar-refractivity contribution is -0.124. The average molecular weight is 378 g/mol. The van der Waals surface area contributed by atoms with Crippen LogP contribution in [0, 0.1) is 18.8 Å². The fraction of sp³-hybridized carbons (Fsp3) is 0.500. The molecule has 140 valence electrons. The zero-order valence-electron chi connectivity index (χ0n) is 15.3. The summed E-state index contributed by atoms with van der Waals surface area (Å²) in [5.74, 6) is 1.22. The summed E-state index contributed by atoms with van der Waals surface area (Å²) in [5.41, 5.74) is 0.744. The molecular weight excluding hydrogens is 354 g/mol. The van der Waals surface area contributed by atoms with Crippen LogP contribution in [0.3, 0.4) is 0 Å². The predicted octanol–water partition coefficient (Wildman–Crippen LogP) is 4.07. The first-order chi connectivity index (χ1) is 12.3. The van der Waals surface area contributed by atoms with Crippen LogP contribution in [0.1, 0.15) is 38.7 Å². The van der Waals surface area contributed by atoms with Gasteiger partial charge >= 0.3 is 5.63 Å². The van der Waals surface area contributed by atoms with E-state index in [-0.39, 0.29) is 18.6 Å². The molecule has 5 nitrogen and oxygen atoms in total. The summed E-state index contributed by atoms with van der Waals surface area (Å²) in [4.78, 5) is 23.8.